The van der Waals surface area contributed by atoms with Crippen LogP contribution < -0.4 is 5.32 Å². The van der Waals surface area contributed by atoms with E-state index in [4.69, 9.17) is 5.11 Å². The van der Waals surface area contributed by atoms with E-state index in [1.165, 1.54) is 29.2 Å². The molecule has 0 radical (unpaired) electrons. The number of aromatic carboxylic acids is 1. The number of benzene rings is 1. The SMILES string of the molecule is C[C@H]1C(S[C@H]2C[C@@H](C(=O)Nc3cccc(C(=O)O)c3)N(C(=O)O)C2)=C(C(=O)O)N2C(=O)[C@@H](CCO)[C@@H]12. The molecule has 3 aliphatic heterocycles. The lowest BCUT2D eigenvalue weighted by Crippen LogP contribution is -2.60. The first-order valence-corrected chi connectivity index (χ1v) is 12.1. The maximum atomic E-state index is 12.9. The predicted molar refractivity (Wildman–Crippen MR) is 126 cm³/mol. The molecule has 5 atom stereocenters. The summed E-state index contributed by atoms with van der Waals surface area (Å²) in [5.74, 6) is -4.21. The van der Waals surface area contributed by atoms with Crippen molar-refractivity contribution in [1.29, 1.82) is 0 Å². The lowest BCUT2D eigenvalue weighted by molar-refractivity contribution is -0.157. The summed E-state index contributed by atoms with van der Waals surface area (Å²) in [4.78, 5) is 63.3. The Morgan fingerprint density at radius 3 is 2.47 bits per heavy atom. The molecule has 0 saturated carbocycles. The summed E-state index contributed by atoms with van der Waals surface area (Å²) in [7, 11) is 0. The van der Waals surface area contributed by atoms with E-state index >= 15 is 0 Å². The van der Waals surface area contributed by atoms with Gasteiger partial charge >= 0.3 is 18.0 Å². The van der Waals surface area contributed by atoms with Crippen molar-refractivity contribution in [2.75, 3.05) is 18.5 Å². The van der Waals surface area contributed by atoms with Crippen LogP contribution in [0.3, 0.4) is 0 Å². The third-order valence-corrected chi connectivity index (χ3v) is 8.28. The van der Waals surface area contributed by atoms with Gasteiger partial charge in [0.1, 0.15) is 11.7 Å². The molecule has 0 spiro atoms. The van der Waals surface area contributed by atoms with Crippen LogP contribution in [0.15, 0.2) is 34.9 Å². The largest absolute Gasteiger partial charge is 0.478 e. The first-order chi connectivity index (χ1) is 17.0. The number of amides is 3. The molecule has 36 heavy (non-hydrogen) atoms. The molecule has 3 amide bonds. The summed E-state index contributed by atoms with van der Waals surface area (Å²) in [6.45, 7) is 1.58. The fourth-order valence-corrected chi connectivity index (χ4v) is 6.70. The summed E-state index contributed by atoms with van der Waals surface area (Å²) in [5, 5.41) is 40.0. The Labute approximate surface area is 209 Å². The Morgan fingerprint density at radius 2 is 1.86 bits per heavy atom. The van der Waals surface area contributed by atoms with E-state index in [1.54, 1.807) is 6.92 Å². The van der Waals surface area contributed by atoms with Crippen molar-refractivity contribution < 1.29 is 44.4 Å². The molecular formula is C23H25N3O9S. The molecule has 13 heteroatoms. The number of carbonyl (C=O) groups excluding carboxylic acids is 2. The van der Waals surface area contributed by atoms with Crippen LogP contribution in [-0.4, -0.2) is 90.6 Å². The number of thioether (sulfide) groups is 1. The highest BCUT2D eigenvalue weighted by atomic mass is 32.2. The third kappa shape index (κ3) is 4.39. The number of rotatable bonds is 8. The van der Waals surface area contributed by atoms with Crippen molar-refractivity contribution >= 4 is 47.3 Å². The quantitative estimate of drug-likeness (QED) is 0.314. The van der Waals surface area contributed by atoms with Gasteiger partial charge in [-0.2, -0.15) is 0 Å². The van der Waals surface area contributed by atoms with Crippen molar-refractivity contribution in [1.82, 2.24) is 9.80 Å². The zero-order valence-corrected chi connectivity index (χ0v) is 20.0. The molecule has 0 aromatic heterocycles. The molecule has 2 fully saturated rings. The number of anilines is 1. The molecule has 0 bridgehead atoms. The van der Waals surface area contributed by atoms with Crippen molar-refractivity contribution in [2.45, 2.75) is 37.1 Å². The molecule has 3 heterocycles. The second kappa shape index (κ2) is 9.82. The zero-order chi connectivity index (χ0) is 26.3. The predicted octanol–water partition coefficient (Wildman–Crippen LogP) is 1.33. The number of carbonyl (C=O) groups is 5. The molecule has 0 aliphatic carbocycles. The lowest BCUT2D eigenvalue weighted by Gasteiger charge is -2.45. The molecule has 1 aromatic rings. The van der Waals surface area contributed by atoms with E-state index in [0.717, 1.165) is 16.7 Å². The van der Waals surface area contributed by atoms with Gasteiger partial charge in [-0.3, -0.25) is 14.5 Å². The minimum Gasteiger partial charge on any atom is -0.478 e. The maximum absolute atomic E-state index is 12.9. The van der Waals surface area contributed by atoms with E-state index in [9.17, 15) is 39.3 Å². The number of nitrogens with zero attached hydrogens (tertiary/aromatic N) is 2. The van der Waals surface area contributed by atoms with Crippen molar-refractivity contribution in [3.8, 4) is 0 Å². The van der Waals surface area contributed by atoms with Gasteiger partial charge in [0, 0.05) is 34.9 Å². The Kier molecular flexibility index (Phi) is 6.96. The Balaban J connectivity index is 1.52. The van der Waals surface area contributed by atoms with Gasteiger partial charge in [0.2, 0.25) is 11.8 Å². The van der Waals surface area contributed by atoms with E-state index in [1.807, 2.05) is 0 Å². The number of fused-ring (bicyclic) bond motifs is 1. The first-order valence-electron chi connectivity index (χ1n) is 11.3. The van der Waals surface area contributed by atoms with Crippen molar-refractivity contribution in [2.24, 2.45) is 11.8 Å². The minimum atomic E-state index is -1.31. The van der Waals surface area contributed by atoms with Gasteiger partial charge in [0.05, 0.1) is 17.5 Å². The number of aliphatic hydroxyl groups excluding tert-OH is 1. The summed E-state index contributed by atoms with van der Waals surface area (Å²) in [6, 6.07) is 4.12. The van der Waals surface area contributed by atoms with Gasteiger partial charge in [-0.15, -0.1) is 11.8 Å². The average Bonchev–Trinajstić information content (AvgIpc) is 3.36. The van der Waals surface area contributed by atoms with Crippen LogP contribution in [0, 0.1) is 11.8 Å². The molecule has 2 saturated heterocycles. The van der Waals surface area contributed by atoms with E-state index in [0.29, 0.717) is 4.91 Å². The van der Waals surface area contributed by atoms with Crippen LogP contribution >= 0.6 is 11.8 Å². The Bertz CT molecular complexity index is 1170. The zero-order valence-electron chi connectivity index (χ0n) is 19.2. The average molecular weight is 520 g/mol. The van der Waals surface area contributed by atoms with Gasteiger partial charge in [0.25, 0.3) is 0 Å². The van der Waals surface area contributed by atoms with Crippen LogP contribution in [-0.2, 0) is 14.4 Å². The number of aliphatic hydroxyl groups is 1. The third-order valence-electron chi connectivity index (χ3n) is 6.79. The number of β-lactam (4-membered cyclic amide) rings is 1. The lowest BCUT2D eigenvalue weighted by atomic mass is 9.80. The second-order valence-corrected chi connectivity index (χ2v) is 10.3. The van der Waals surface area contributed by atoms with Gasteiger partial charge in [-0.25, -0.2) is 14.4 Å². The van der Waals surface area contributed by atoms with Crippen LogP contribution in [0.4, 0.5) is 10.5 Å². The van der Waals surface area contributed by atoms with E-state index < -0.39 is 41.1 Å². The summed E-state index contributed by atoms with van der Waals surface area (Å²) >= 11 is 1.16. The minimum absolute atomic E-state index is 0.0327. The number of likely N-dealkylation sites (tertiary alicyclic amines) is 1. The van der Waals surface area contributed by atoms with E-state index in [-0.39, 0.29) is 60.8 Å². The second-order valence-electron chi connectivity index (χ2n) is 8.93. The van der Waals surface area contributed by atoms with Gasteiger partial charge < -0.3 is 30.6 Å². The summed E-state index contributed by atoms with van der Waals surface area (Å²) in [5.41, 5.74) is 0.0428. The maximum Gasteiger partial charge on any atom is 0.408 e. The molecule has 5 N–H and O–H groups in total. The fraction of sp³-hybridized carbons (Fsp3) is 0.435. The van der Waals surface area contributed by atoms with Crippen LogP contribution in [0.1, 0.15) is 30.1 Å². The summed E-state index contributed by atoms with van der Waals surface area (Å²) < 4.78 is 0. The number of aliphatic carboxylic acids is 1. The Hall–Kier alpha value is -3.58. The highest BCUT2D eigenvalue weighted by molar-refractivity contribution is 8.03. The number of carboxylic acid groups (broad SMARTS) is 3. The highest BCUT2D eigenvalue weighted by Crippen LogP contribution is 2.52. The van der Waals surface area contributed by atoms with E-state index in [2.05, 4.69) is 5.32 Å². The van der Waals surface area contributed by atoms with Crippen LogP contribution in [0.25, 0.3) is 0 Å². The molecule has 4 rings (SSSR count). The highest BCUT2D eigenvalue weighted by Gasteiger charge is 2.58. The number of hydrogen-bond acceptors (Lipinski definition) is 7. The number of nitrogens with one attached hydrogen (secondary N) is 1. The van der Waals surface area contributed by atoms with Crippen LogP contribution in [0.2, 0.25) is 0 Å². The standard InChI is InChI=1S/C23H25N3O9S/c1-10-16-14(5-6-27)20(29)26(16)17(22(32)33)18(10)36-13-8-15(25(9-13)23(34)35)19(28)24-12-4-2-3-11(7-12)21(30)31/h2-4,7,10,13-16,27H,5-6,8-9H2,1H3,(H,24,28)(H,30,31)(H,32,33)(H,34,35)/t10-,13+,14+,15+,16-/m1/s1. The van der Waals surface area contributed by atoms with Gasteiger partial charge in [-0.1, -0.05) is 13.0 Å². The van der Waals surface area contributed by atoms with Gasteiger partial charge in [0.15, 0.2) is 0 Å². The Morgan fingerprint density at radius 1 is 1.14 bits per heavy atom. The molecule has 12 nitrogen and oxygen atoms in total. The molecule has 192 valence electrons. The van der Waals surface area contributed by atoms with Crippen molar-refractivity contribution in [3.63, 3.8) is 0 Å². The summed E-state index contributed by atoms with van der Waals surface area (Å²) in [6.07, 6.45) is -0.980. The molecule has 1 aromatic carbocycles. The topological polar surface area (TPSA) is 185 Å². The van der Waals surface area contributed by atoms with Crippen LogP contribution in [0.5, 0.6) is 0 Å². The molecule has 0 unspecified atom stereocenters. The van der Waals surface area contributed by atoms with Crippen molar-refractivity contribution in [3.05, 3.63) is 40.4 Å². The smallest absolute Gasteiger partial charge is 0.408 e. The number of hydrogen-bond donors (Lipinski definition) is 5. The first kappa shape index (κ1) is 25.5. The normalized spacial score (nSPS) is 27.1. The monoisotopic (exact) mass is 519 g/mol. The molecular weight excluding hydrogens is 494 g/mol. The number of carboxylic acids is 2. The fourth-order valence-electron chi connectivity index (χ4n) is 5.17. The van der Waals surface area contributed by atoms with Gasteiger partial charge in [-0.05, 0) is 31.0 Å². The molecule has 3 aliphatic rings.